The molecule has 1 fully saturated rings. The summed E-state index contributed by atoms with van der Waals surface area (Å²) in [4.78, 5) is 0. The normalized spacial score (nSPS) is 16.3. The molecule has 0 bridgehead atoms. The van der Waals surface area contributed by atoms with E-state index in [1.165, 1.54) is 18.4 Å². The van der Waals surface area contributed by atoms with Crippen LogP contribution in [0.3, 0.4) is 0 Å². The van der Waals surface area contributed by atoms with Gasteiger partial charge in [-0.3, -0.25) is 0 Å². The summed E-state index contributed by atoms with van der Waals surface area (Å²) >= 11 is 0. The second-order valence-electron chi connectivity index (χ2n) is 5.32. The van der Waals surface area contributed by atoms with Crippen LogP contribution in [0.4, 0.5) is 0 Å². The van der Waals surface area contributed by atoms with E-state index in [9.17, 15) is 0 Å². The Kier molecular flexibility index (Phi) is 5.67. The first-order valence-corrected chi connectivity index (χ1v) is 7.24. The zero-order chi connectivity index (χ0) is 13.5. The van der Waals surface area contributed by atoms with Crippen LogP contribution < -0.4 is 10.1 Å². The van der Waals surface area contributed by atoms with Crippen molar-refractivity contribution in [1.82, 2.24) is 5.32 Å². The Balaban J connectivity index is 1.60. The summed E-state index contributed by atoms with van der Waals surface area (Å²) in [5, 5.41) is 3.52. The van der Waals surface area contributed by atoms with Crippen molar-refractivity contribution in [3.63, 3.8) is 0 Å². The molecule has 1 unspecified atom stereocenters. The Morgan fingerprint density at radius 1 is 1.37 bits per heavy atom. The molecule has 106 valence electrons. The van der Waals surface area contributed by atoms with Crippen LogP contribution in [0.1, 0.15) is 37.8 Å². The van der Waals surface area contributed by atoms with Gasteiger partial charge in [0.15, 0.2) is 0 Å². The van der Waals surface area contributed by atoms with Gasteiger partial charge in [-0.1, -0.05) is 12.1 Å². The molecule has 1 aliphatic carbocycles. The molecule has 0 aliphatic heterocycles. The van der Waals surface area contributed by atoms with Gasteiger partial charge in [-0.15, -0.1) is 0 Å². The maximum atomic E-state index is 5.62. The van der Waals surface area contributed by atoms with Crippen molar-refractivity contribution in [2.75, 3.05) is 26.9 Å². The van der Waals surface area contributed by atoms with E-state index in [1.807, 2.05) is 12.1 Å². The van der Waals surface area contributed by atoms with Crippen molar-refractivity contribution in [3.05, 3.63) is 29.8 Å². The minimum absolute atomic E-state index is 0.346. The smallest absolute Gasteiger partial charge is 0.119 e. The lowest BCUT2D eigenvalue weighted by Gasteiger charge is -2.15. The summed E-state index contributed by atoms with van der Waals surface area (Å²) in [5.41, 5.74) is 1.26. The molecule has 0 saturated heterocycles. The predicted molar refractivity (Wildman–Crippen MR) is 77.6 cm³/mol. The molecule has 1 aromatic carbocycles. The second-order valence-corrected chi connectivity index (χ2v) is 5.32. The van der Waals surface area contributed by atoms with Gasteiger partial charge >= 0.3 is 0 Å². The van der Waals surface area contributed by atoms with Crippen molar-refractivity contribution in [1.29, 1.82) is 0 Å². The molecule has 0 spiro atoms. The Morgan fingerprint density at radius 3 is 2.95 bits per heavy atom. The number of nitrogens with one attached hydrogen (secondary N) is 1. The largest absolute Gasteiger partial charge is 0.497 e. The van der Waals surface area contributed by atoms with Gasteiger partial charge in [-0.05, 0) is 56.3 Å². The summed E-state index contributed by atoms with van der Waals surface area (Å²) in [6.45, 7) is 5.00. The molecule has 1 atom stereocenters. The predicted octanol–water partition coefficient (Wildman–Crippen LogP) is 3.16. The maximum Gasteiger partial charge on any atom is 0.119 e. The van der Waals surface area contributed by atoms with E-state index in [4.69, 9.17) is 9.47 Å². The third kappa shape index (κ3) is 5.21. The molecule has 2 rings (SSSR count). The fourth-order valence-electron chi connectivity index (χ4n) is 2.06. The van der Waals surface area contributed by atoms with Gasteiger partial charge in [-0.2, -0.15) is 0 Å². The number of hydrogen-bond acceptors (Lipinski definition) is 3. The lowest BCUT2D eigenvalue weighted by atomic mass is 10.1. The number of benzene rings is 1. The molecule has 3 nitrogen and oxygen atoms in total. The highest BCUT2D eigenvalue weighted by atomic mass is 16.5. The standard InChI is InChI=1S/C16H25NO2/c1-13(15-5-3-6-16(11-15)18-2)17-9-4-10-19-12-14-7-8-14/h3,5-6,11,13-14,17H,4,7-10,12H2,1-2H3. The van der Waals surface area contributed by atoms with Gasteiger partial charge in [0.2, 0.25) is 0 Å². The number of hydrogen-bond donors (Lipinski definition) is 1. The van der Waals surface area contributed by atoms with Crippen molar-refractivity contribution >= 4 is 0 Å². The number of methoxy groups -OCH3 is 1. The molecule has 0 heterocycles. The fraction of sp³-hybridized carbons (Fsp3) is 0.625. The van der Waals surface area contributed by atoms with Gasteiger partial charge in [0, 0.05) is 19.3 Å². The zero-order valence-electron chi connectivity index (χ0n) is 12.0. The van der Waals surface area contributed by atoms with E-state index < -0.39 is 0 Å². The summed E-state index contributed by atoms with van der Waals surface area (Å²) in [6.07, 6.45) is 3.80. The lowest BCUT2D eigenvalue weighted by Crippen LogP contribution is -2.21. The first-order valence-electron chi connectivity index (χ1n) is 7.24. The Morgan fingerprint density at radius 2 is 2.21 bits per heavy atom. The second kappa shape index (κ2) is 7.51. The SMILES string of the molecule is COc1cccc(C(C)NCCCOCC2CC2)c1. The third-order valence-corrected chi connectivity index (χ3v) is 3.56. The van der Waals surface area contributed by atoms with Crippen molar-refractivity contribution in [2.45, 2.75) is 32.2 Å². The van der Waals surface area contributed by atoms with Crippen LogP contribution in [0.15, 0.2) is 24.3 Å². The van der Waals surface area contributed by atoms with Crippen LogP contribution in [0.2, 0.25) is 0 Å². The van der Waals surface area contributed by atoms with Crippen LogP contribution in [0.25, 0.3) is 0 Å². The molecule has 1 N–H and O–H groups in total. The first-order chi connectivity index (χ1) is 9.29. The van der Waals surface area contributed by atoms with Gasteiger partial charge in [0.1, 0.15) is 5.75 Å². The van der Waals surface area contributed by atoms with Crippen LogP contribution in [0.5, 0.6) is 5.75 Å². The Bertz CT molecular complexity index is 377. The van der Waals surface area contributed by atoms with Crippen molar-refractivity contribution in [2.24, 2.45) is 5.92 Å². The van der Waals surface area contributed by atoms with Crippen LogP contribution in [0, 0.1) is 5.92 Å². The zero-order valence-corrected chi connectivity index (χ0v) is 12.0. The highest BCUT2D eigenvalue weighted by Gasteiger charge is 2.20. The van der Waals surface area contributed by atoms with E-state index in [0.29, 0.717) is 6.04 Å². The highest BCUT2D eigenvalue weighted by molar-refractivity contribution is 5.30. The molecule has 0 aromatic heterocycles. The van der Waals surface area contributed by atoms with E-state index in [-0.39, 0.29) is 0 Å². The summed E-state index contributed by atoms with van der Waals surface area (Å²) in [5.74, 6) is 1.78. The minimum Gasteiger partial charge on any atom is -0.497 e. The van der Waals surface area contributed by atoms with E-state index in [1.54, 1.807) is 7.11 Å². The Hall–Kier alpha value is -1.06. The van der Waals surface area contributed by atoms with Crippen LogP contribution in [-0.2, 0) is 4.74 Å². The van der Waals surface area contributed by atoms with E-state index in [0.717, 1.165) is 37.8 Å². The average molecular weight is 263 g/mol. The van der Waals surface area contributed by atoms with Crippen molar-refractivity contribution < 1.29 is 9.47 Å². The quantitative estimate of drug-likeness (QED) is 0.694. The molecule has 0 radical (unpaired) electrons. The number of ether oxygens (including phenoxy) is 2. The number of rotatable bonds is 9. The van der Waals surface area contributed by atoms with E-state index >= 15 is 0 Å². The average Bonchev–Trinajstić information content (AvgIpc) is 3.26. The first kappa shape index (κ1) is 14.4. The Labute approximate surface area is 116 Å². The molecular weight excluding hydrogens is 238 g/mol. The molecule has 1 aromatic rings. The summed E-state index contributed by atoms with van der Waals surface area (Å²) < 4.78 is 10.9. The minimum atomic E-state index is 0.346. The lowest BCUT2D eigenvalue weighted by molar-refractivity contribution is 0.121. The molecular formula is C16H25NO2. The highest BCUT2D eigenvalue weighted by Crippen LogP contribution is 2.28. The van der Waals surface area contributed by atoms with Gasteiger partial charge in [0.05, 0.1) is 7.11 Å². The third-order valence-electron chi connectivity index (χ3n) is 3.56. The fourth-order valence-corrected chi connectivity index (χ4v) is 2.06. The summed E-state index contributed by atoms with van der Waals surface area (Å²) in [6, 6.07) is 8.57. The molecule has 3 heteroatoms. The molecule has 1 aliphatic rings. The maximum absolute atomic E-state index is 5.62. The van der Waals surface area contributed by atoms with Gasteiger partial charge < -0.3 is 14.8 Å². The van der Waals surface area contributed by atoms with Crippen LogP contribution in [-0.4, -0.2) is 26.9 Å². The van der Waals surface area contributed by atoms with Gasteiger partial charge in [0.25, 0.3) is 0 Å². The monoisotopic (exact) mass is 263 g/mol. The summed E-state index contributed by atoms with van der Waals surface area (Å²) in [7, 11) is 1.70. The van der Waals surface area contributed by atoms with E-state index in [2.05, 4.69) is 24.4 Å². The molecule has 0 amide bonds. The van der Waals surface area contributed by atoms with Crippen molar-refractivity contribution in [3.8, 4) is 5.75 Å². The topological polar surface area (TPSA) is 30.5 Å². The van der Waals surface area contributed by atoms with Gasteiger partial charge in [-0.25, -0.2) is 0 Å². The molecule has 1 saturated carbocycles. The van der Waals surface area contributed by atoms with Crippen LogP contribution >= 0.6 is 0 Å². The molecule has 19 heavy (non-hydrogen) atoms.